The lowest BCUT2D eigenvalue weighted by molar-refractivity contribution is 0.476. The van der Waals surface area contributed by atoms with E-state index in [-0.39, 0.29) is 11.2 Å². The molecule has 216 valence electrons. The molecule has 0 radical (unpaired) electrons. The van der Waals surface area contributed by atoms with Crippen LogP contribution in [0.3, 0.4) is 0 Å². The molecule has 44 heavy (non-hydrogen) atoms. The Morgan fingerprint density at radius 1 is 0.659 bits per heavy atom. The average molecular weight is 575 g/mol. The first-order valence-corrected chi connectivity index (χ1v) is 14.9. The van der Waals surface area contributed by atoms with Crippen molar-refractivity contribution in [1.29, 1.82) is 0 Å². The molecule has 0 spiro atoms. The Balaban J connectivity index is 1.40. The van der Waals surface area contributed by atoms with E-state index in [0.717, 1.165) is 67.6 Å². The lowest BCUT2D eigenvalue weighted by Gasteiger charge is -2.28. The summed E-state index contributed by atoms with van der Waals surface area (Å²) in [6.07, 6.45) is 1.86. The van der Waals surface area contributed by atoms with Gasteiger partial charge in [-0.05, 0) is 53.1 Å². The Morgan fingerprint density at radius 2 is 1.41 bits per heavy atom. The maximum absolute atomic E-state index is 10.9. The van der Waals surface area contributed by atoms with Gasteiger partial charge in [0, 0.05) is 59.8 Å². The first-order chi connectivity index (χ1) is 21.3. The fraction of sp³-hybridized carbons (Fsp3) is 0.128. The number of phenolic OH excluding ortho intramolecular Hbond substituents is 1. The Kier molecular flexibility index (Phi) is 6.66. The standard InChI is InChI=1S/C39H34N4O/c1-39(2)31-17-11-19-35(44)37(31)38-32(39)20-21-33(41-38)27-14-10-15-29(24-27)43(36-25-28(42(3)4)22-23-40-36)34-18-9-8-16-30(34)26-12-6-5-7-13-26/h5-25,44H,1-4H3. The fourth-order valence-electron chi connectivity index (χ4n) is 6.31. The molecule has 0 bridgehead atoms. The molecule has 0 fully saturated rings. The first-order valence-electron chi connectivity index (χ1n) is 14.9. The van der Waals surface area contributed by atoms with E-state index in [1.807, 2.05) is 38.5 Å². The summed E-state index contributed by atoms with van der Waals surface area (Å²) in [6, 6.07) is 41.5. The van der Waals surface area contributed by atoms with E-state index in [9.17, 15) is 5.11 Å². The summed E-state index contributed by atoms with van der Waals surface area (Å²) in [7, 11) is 4.08. The third kappa shape index (κ3) is 4.58. The SMILES string of the molecule is CN(C)c1ccnc(N(c2cccc(-c3ccc4c(n3)-c3c(O)cccc3C4(C)C)c2)c2ccccc2-c2ccccc2)c1. The van der Waals surface area contributed by atoms with Gasteiger partial charge in [0.1, 0.15) is 11.6 Å². The van der Waals surface area contributed by atoms with Gasteiger partial charge < -0.3 is 10.0 Å². The highest BCUT2D eigenvalue weighted by Crippen LogP contribution is 2.51. The maximum Gasteiger partial charge on any atom is 0.139 e. The van der Waals surface area contributed by atoms with Crippen LogP contribution in [0.5, 0.6) is 5.75 Å². The van der Waals surface area contributed by atoms with Crippen molar-refractivity contribution in [3.05, 3.63) is 139 Å². The monoisotopic (exact) mass is 574 g/mol. The maximum atomic E-state index is 10.9. The minimum atomic E-state index is -0.238. The number of benzene rings is 4. The van der Waals surface area contributed by atoms with E-state index in [0.29, 0.717) is 0 Å². The molecule has 0 amide bonds. The zero-order chi connectivity index (χ0) is 30.4. The van der Waals surface area contributed by atoms with E-state index in [2.05, 4.69) is 121 Å². The first kappa shape index (κ1) is 27.4. The summed E-state index contributed by atoms with van der Waals surface area (Å²) in [5, 5.41) is 10.9. The Morgan fingerprint density at radius 3 is 2.23 bits per heavy atom. The molecular formula is C39H34N4O. The highest BCUT2D eigenvalue weighted by atomic mass is 16.3. The summed E-state index contributed by atoms with van der Waals surface area (Å²) in [5.41, 5.74) is 10.8. The lowest BCUT2D eigenvalue weighted by atomic mass is 9.83. The van der Waals surface area contributed by atoms with Crippen LogP contribution in [0.2, 0.25) is 0 Å². The van der Waals surface area contributed by atoms with Gasteiger partial charge in [0.25, 0.3) is 0 Å². The summed E-state index contributed by atoms with van der Waals surface area (Å²) in [5.74, 6) is 1.09. The molecular weight excluding hydrogens is 540 g/mol. The van der Waals surface area contributed by atoms with Gasteiger partial charge in [-0.2, -0.15) is 0 Å². The van der Waals surface area contributed by atoms with Crippen LogP contribution >= 0.6 is 0 Å². The van der Waals surface area contributed by atoms with E-state index < -0.39 is 0 Å². The number of rotatable bonds is 6. The number of aromatic hydroxyl groups is 1. The minimum Gasteiger partial charge on any atom is -0.507 e. The molecule has 5 nitrogen and oxygen atoms in total. The molecule has 1 aliphatic carbocycles. The Bertz CT molecular complexity index is 2000. The second-order valence-electron chi connectivity index (χ2n) is 12.0. The molecule has 1 N–H and O–H groups in total. The molecule has 6 aromatic rings. The molecule has 0 atom stereocenters. The second-order valence-corrected chi connectivity index (χ2v) is 12.0. The summed E-state index contributed by atoms with van der Waals surface area (Å²) in [6.45, 7) is 4.38. The van der Waals surface area contributed by atoms with E-state index in [1.165, 1.54) is 0 Å². The molecule has 2 heterocycles. The van der Waals surface area contributed by atoms with Gasteiger partial charge in [0.2, 0.25) is 0 Å². The van der Waals surface area contributed by atoms with Crippen LogP contribution in [-0.4, -0.2) is 29.2 Å². The van der Waals surface area contributed by atoms with Crippen molar-refractivity contribution >= 4 is 22.9 Å². The van der Waals surface area contributed by atoms with Crippen molar-refractivity contribution in [1.82, 2.24) is 9.97 Å². The molecule has 7 rings (SSSR count). The van der Waals surface area contributed by atoms with Crippen molar-refractivity contribution < 1.29 is 5.11 Å². The van der Waals surface area contributed by atoms with Gasteiger partial charge in [0.15, 0.2) is 0 Å². The van der Waals surface area contributed by atoms with Crippen molar-refractivity contribution in [2.75, 3.05) is 23.9 Å². The third-order valence-electron chi connectivity index (χ3n) is 8.63. The molecule has 1 aliphatic rings. The van der Waals surface area contributed by atoms with Crippen LogP contribution in [-0.2, 0) is 5.41 Å². The molecule has 5 heteroatoms. The number of phenols is 1. The number of nitrogens with zero attached hydrogens (tertiary/aromatic N) is 4. The van der Waals surface area contributed by atoms with E-state index in [4.69, 9.17) is 9.97 Å². The van der Waals surface area contributed by atoms with Gasteiger partial charge in [-0.25, -0.2) is 9.97 Å². The van der Waals surface area contributed by atoms with Crippen LogP contribution in [0.1, 0.15) is 25.0 Å². The molecule has 4 aromatic carbocycles. The lowest BCUT2D eigenvalue weighted by Crippen LogP contribution is -2.15. The van der Waals surface area contributed by atoms with Crippen LogP contribution in [0.4, 0.5) is 22.9 Å². The quantitative estimate of drug-likeness (QED) is 0.215. The van der Waals surface area contributed by atoms with Crippen molar-refractivity contribution in [2.45, 2.75) is 19.3 Å². The molecule has 2 aromatic heterocycles. The van der Waals surface area contributed by atoms with Gasteiger partial charge in [-0.1, -0.05) is 92.7 Å². The predicted molar refractivity (Wildman–Crippen MR) is 181 cm³/mol. The van der Waals surface area contributed by atoms with E-state index in [1.54, 1.807) is 6.07 Å². The van der Waals surface area contributed by atoms with Crippen molar-refractivity contribution in [2.24, 2.45) is 0 Å². The zero-order valence-corrected chi connectivity index (χ0v) is 25.4. The van der Waals surface area contributed by atoms with Crippen molar-refractivity contribution in [3.8, 4) is 39.4 Å². The Labute approximate surface area is 258 Å². The highest BCUT2D eigenvalue weighted by molar-refractivity contribution is 5.89. The predicted octanol–water partition coefficient (Wildman–Crippen LogP) is 9.36. The number of fused-ring (bicyclic) bond motifs is 3. The van der Waals surface area contributed by atoms with E-state index >= 15 is 0 Å². The number of anilines is 4. The highest BCUT2D eigenvalue weighted by Gasteiger charge is 2.38. The topological polar surface area (TPSA) is 52.5 Å². The smallest absolute Gasteiger partial charge is 0.139 e. The molecule has 0 saturated heterocycles. The summed E-state index contributed by atoms with van der Waals surface area (Å²) >= 11 is 0. The van der Waals surface area contributed by atoms with Crippen LogP contribution in [0, 0.1) is 0 Å². The summed E-state index contributed by atoms with van der Waals surface area (Å²) in [4.78, 5) is 14.3. The van der Waals surface area contributed by atoms with Gasteiger partial charge in [-0.3, -0.25) is 4.90 Å². The number of hydrogen-bond acceptors (Lipinski definition) is 5. The number of aromatic nitrogens is 2. The number of pyridine rings is 2. The average Bonchev–Trinajstić information content (AvgIpc) is 3.29. The van der Waals surface area contributed by atoms with Crippen LogP contribution in [0.25, 0.3) is 33.6 Å². The van der Waals surface area contributed by atoms with Gasteiger partial charge >= 0.3 is 0 Å². The van der Waals surface area contributed by atoms with Crippen LogP contribution in [0.15, 0.2) is 128 Å². The largest absolute Gasteiger partial charge is 0.507 e. The third-order valence-corrected chi connectivity index (χ3v) is 8.63. The second kappa shape index (κ2) is 10.7. The number of para-hydroxylation sites is 1. The molecule has 0 unspecified atom stereocenters. The molecule has 0 aliphatic heterocycles. The minimum absolute atomic E-state index is 0.238. The normalized spacial score (nSPS) is 12.8. The summed E-state index contributed by atoms with van der Waals surface area (Å²) < 4.78 is 0. The zero-order valence-electron chi connectivity index (χ0n) is 25.4. The van der Waals surface area contributed by atoms with Crippen molar-refractivity contribution in [3.63, 3.8) is 0 Å². The van der Waals surface area contributed by atoms with Gasteiger partial charge in [-0.15, -0.1) is 0 Å². The Hall–Kier alpha value is -5.42. The van der Waals surface area contributed by atoms with Gasteiger partial charge in [0.05, 0.1) is 17.1 Å². The van der Waals surface area contributed by atoms with Crippen LogP contribution < -0.4 is 9.80 Å². The number of hydrogen-bond donors (Lipinski definition) is 1. The molecule has 0 saturated carbocycles. The fourth-order valence-corrected chi connectivity index (χ4v) is 6.31.